The lowest BCUT2D eigenvalue weighted by Crippen LogP contribution is -2.39. The fraction of sp³-hybridized carbons (Fsp3) is 0.652. The number of amides is 2. The van der Waals surface area contributed by atoms with Gasteiger partial charge in [0, 0.05) is 44.2 Å². The van der Waals surface area contributed by atoms with Gasteiger partial charge in [0.25, 0.3) is 5.09 Å². The standard InChI is InChI=1S/C23H34N4O7S/c1-15-11-19-18(7-8-23(30)25-19)21(12-15)33-14-17(29)13-24-9-10-26(16(2)28)35-22-6-4-3-5-20(22)34-27(31)32/h11-12,17,20,22,24,29H,3-10,13-14H2,1-2H3,(H,25,30)/t17?,20-,22-/m1/s1. The minimum atomic E-state index is -0.765. The molecule has 1 fully saturated rings. The van der Waals surface area contributed by atoms with Crippen LogP contribution < -0.4 is 15.4 Å². The maximum absolute atomic E-state index is 12.1. The molecule has 2 amide bonds. The van der Waals surface area contributed by atoms with E-state index in [9.17, 15) is 24.8 Å². The Morgan fingerprint density at radius 1 is 1.37 bits per heavy atom. The molecule has 3 atom stereocenters. The number of ether oxygens (including phenoxy) is 1. The van der Waals surface area contributed by atoms with Crippen LogP contribution in [0.25, 0.3) is 0 Å². The number of nitrogens with one attached hydrogen (secondary N) is 2. The second-order valence-electron chi connectivity index (χ2n) is 8.92. The van der Waals surface area contributed by atoms with Crippen LogP contribution in [-0.2, 0) is 20.8 Å². The van der Waals surface area contributed by atoms with Crippen molar-refractivity contribution in [3.8, 4) is 5.75 Å². The Labute approximate surface area is 209 Å². The van der Waals surface area contributed by atoms with E-state index in [1.807, 2.05) is 19.1 Å². The van der Waals surface area contributed by atoms with E-state index in [1.165, 1.54) is 18.9 Å². The van der Waals surface area contributed by atoms with E-state index >= 15 is 0 Å². The lowest BCUT2D eigenvalue weighted by Gasteiger charge is -2.32. The minimum Gasteiger partial charge on any atom is -0.490 e. The Kier molecular flexibility index (Phi) is 9.99. The largest absolute Gasteiger partial charge is 0.490 e. The predicted octanol–water partition coefficient (Wildman–Crippen LogP) is 2.23. The summed E-state index contributed by atoms with van der Waals surface area (Å²) in [5.74, 6) is 0.514. The molecule has 0 spiro atoms. The van der Waals surface area contributed by atoms with Gasteiger partial charge in [-0.2, -0.15) is 0 Å². The van der Waals surface area contributed by atoms with Gasteiger partial charge >= 0.3 is 0 Å². The number of rotatable bonds is 12. The van der Waals surface area contributed by atoms with Gasteiger partial charge in [-0.1, -0.05) is 12.8 Å². The number of benzene rings is 1. The van der Waals surface area contributed by atoms with Gasteiger partial charge in [0.1, 0.15) is 24.6 Å². The van der Waals surface area contributed by atoms with Gasteiger partial charge in [-0.15, -0.1) is 10.1 Å². The molecule has 0 radical (unpaired) electrons. The molecule has 1 aromatic rings. The Morgan fingerprint density at radius 3 is 2.89 bits per heavy atom. The van der Waals surface area contributed by atoms with Crippen LogP contribution in [0, 0.1) is 17.0 Å². The molecule has 2 aliphatic rings. The normalized spacial score (nSPS) is 20.4. The first-order valence-electron chi connectivity index (χ1n) is 11.9. The van der Waals surface area contributed by atoms with Crippen molar-refractivity contribution < 1.29 is 29.4 Å². The highest BCUT2D eigenvalue weighted by atomic mass is 32.2. The van der Waals surface area contributed by atoms with Gasteiger partial charge in [0.2, 0.25) is 11.8 Å². The van der Waals surface area contributed by atoms with Crippen LogP contribution in [0.4, 0.5) is 5.69 Å². The van der Waals surface area contributed by atoms with E-state index in [1.54, 1.807) is 4.31 Å². The maximum Gasteiger partial charge on any atom is 0.294 e. The SMILES string of the molecule is CC(=O)N(CCNCC(O)COc1cc(C)cc2c1CCC(=O)N2)S[C@@H]1CCCC[C@H]1O[N+](=O)[O-]. The Bertz CT molecular complexity index is 916. The number of aryl methyl sites for hydroxylation is 1. The van der Waals surface area contributed by atoms with Crippen LogP contribution in [0.1, 0.15) is 50.2 Å². The van der Waals surface area contributed by atoms with Crippen molar-refractivity contribution in [3.63, 3.8) is 0 Å². The first kappa shape index (κ1) is 27.0. The van der Waals surface area contributed by atoms with Gasteiger partial charge in [0.15, 0.2) is 0 Å². The molecule has 1 saturated carbocycles. The summed E-state index contributed by atoms with van der Waals surface area (Å²) in [6.07, 6.45) is 2.89. The fourth-order valence-electron chi connectivity index (χ4n) is 4.29. The number of hydrogen-bond donors (Lipinski definition) is 3. The number of carbonyl (C=O) groups is 2. The molecular weight excluding hydrogens is 476 g/mol. The van der Waals surface area contributed by atoms with E-state index in [0.717, 1.165) is 36.1 Å². The van der Waals surface area contributed by atoms with Crippen LogP contribution in [0.2, 0.25) is 0 Å². The Morgan fingerprint density at radius 2 is 2.14 bits per heavy atom. The van der Waals surface area contributed by atoms with Gasteiger partial charge in [-0.05, 0) is 55.8 Å². The van der Waals surface area contributed by atoms with Gasteiger partial charge < -0.3 is 25.3 Å². The second kappa shape index (κ2) is 12.9. The number of aliphatic hydroxyl groups excluding tert-OH is 1. The van der Waals surface area contributed by atoms with Crippen LogP contribution in [0.15, 0.2) is 12.1 Å². The van der Waals surface area contributed by atoms with Crippen LogP contribution in [0.5, 0.6) is 5.75 Å². The molecule has 12 heteroatoms. The van der Waals surface area contributed by atoms with Gasteiger partial charge in [0.05, 0.1) is 5.25 Å². The summed E-state index contributed by atoms with van der Waals surface area (Å²) < 4.78 is 7.46. The summed E-state index contributed by atoms with van der Waals surface area (Å²) in [6, 6.07) is 3.81. The molecule has 1 aliphatic carbocycles. The molecule has 194 valence electrons. The summed E-state index contributed by atoms with van der Waals surface area (Å²) in [5.41, 5.74) is 2.65. The van der Waals surface area contributed by atoms with E-state index in [2.05, 4.69) is 10.6 Å². The van der Waals surface area contributed by atoms with Gasteiger partial charge in [-0.25, -0.2) is 0 Å². The topological polar surface area (TPSA) is 143 Å². The van der Waals surface area contributed by atoms with Crippen LogP contribution >= 0.6 is 11.9 Å². The summed E-state index contributed by atoms with van der Waals surface area (Å²) in [7, 11) is 0. The van der Waals surface area contributed by atoms with E-state index in [0.29, 0.717) is 38.1 Å². The first-order valence-corrected chi connectivity index (χ1v) is 12.8. The number of nitrogens with zero attached hydrogens (tertiary/aromatic N) is 2. The van der Waals surface area contributed by atoms with Crippen molar-refractivity contribution in [1.82, 2.24) is 9.62 Å². The van der Waals surface area contributed by atoms with Crippen LogP contribution in [-0.4, -0.2) is 70.0 Å². The molecule has 3 rings (SSSR count). The molecule has 1 aromatic carbocycles. The molecule has 3 N–H and O–H groups in total. The second-order valence-corrected chi connectivity index (χ2v) is 10.2. The zero-order valence-electron chi connectivity index (χ0n) is 20.2. The Balaban J connectivity index is 1.42. The number of anilines is 1. The number of carbonyl (C=O) groups excluding carboxylic acids is 2. The smallest absolute Gasteiger partial charge is 0.294 e. The van der Waals surface area contributed by atoms with Gasteiger partial charge in [-0.3, -0.25) is 13.9 Å². The number of hydrogen-bond acceptors (Lipinski definition) is 9. The highest BCUT2D eigenvalue weighted by Gasteiger charge is 2.31. The van der Waals surface area contributed by atoms with E-state index in [4.69, 9.17) is 9.57 Å². The highest BCUT2D eigenvalue weighted by molar-refractivity contribution is 7.98. The third-order valence-corrected chi connectivity index (χ3v) is 7.51. The molecular formula is C23H34N4O7S. The molecule has 1 unspecified atom stereocenters. The predicted molar refractivity (Wildman–Crippen MR) is 132 cm³/mol. The van der Waals surface area contributed by atoms with Crippen LogP contribution in [0.3, 0.4) is 0 Å². The third kappa shape index (κ3) is 8.25. The molecule has 0 aromatic heterocycles. The summed E-state index contributed by atoms with van der Waals surface area (Å²) in [6.45, 7) is 4.58. The monoisotopic (exact) mass is 510 g/mol. The van der Waals surface area contributed by atoms with Crippen molar-refractivity contribution in [3.05, 3.63) is 33.4 Å². The fourth-order valence-corrected chi connectivity index (χ4v) is 5.55. The number of aliphatic hydroxyl groups is 1. The molecule has 0 saturated heterocycles. The van der Waals surface area contributed by atoms with E-state index in [-0.39, 0.29) is 30.2 Å². The molecule has 11 nitrogen and oxygen atoms in total. The summed E-state index contributed by atoms with van der Waals surface area (Å²) >= 11 is 1.30. The highest BCUT2D eigenvalue weighted by Crippen LogP contribution is 2.34. The van der Waals surface area contributed by atoms with E-state index < -0.39 is 17.3 Å². The molecule has 35 heavy (non-hydrogen) atoms. The number of fused-ring (bicyclic) bond motifs is 1. The zero-order chi connectivity index (χ0) is 25.4. The zero-order valence-corrected chi connectivity index (χ0v) is 21.0. The van der Waals surface area contributed by atoms with Crippen molar-refractivity contribution in [2.45, 2.75) is 69.8 Å². The van der Waals surface area contributed by atoms with Crippen molar-refractivity contribution in [1.29, 1.82) is 0 Å². The summed E-state index contributed by atoms with van der Waals surface area (Å²) in [4.78, 5) is 39.4. The lowest BCUT2D eigenvalue weighted by atomic mass is 9.97. The van der Waals surface area contributed by atoms with Crippen molar-refractivity contribution in [2.75, 3.05) is 31.6 Å². The minimum absolute atomic E-state index is 0.0135. The quantitative estimate of drug-likeness (QED) is 0.167. The summed E-state index contributed by atoms with van der Waals surface area (Å²) in [5, 5.41) is 26.2. The average Bonchev–Trinajstić information content (AvgIpc) is 2.79. The maximum atomic E-state index is 12.1. The first-order chi connectivity index (χ1) is 16.7. The molecule has 0 bridgehead atoms. The average molecular weight is 511 g/mol. The van der Waals surface area contributed by atoms with Crippen molar-refractivity contribution >= 4 is 29.4 Å². The molecule has 1 aliphatic heterocycles. The third-order valence-electron chi connectivity index (χ3n) is 6.01. The molecule has 1 heterocycles. The lowest BCUT2D eigenvalue weighted by molar-refractivity contribution is -0.768. The Hall–Kier alpha value is -2.57. The van der Waals surface area contributed by atoms with Crippen molar-refractivity contribution in [2.24, 2.45) is 0 Å².